The summed E-state index contributed by atoms with van der Waals surface area (Å²) in [5.74, 6) is -1.50. The van der Waals surface area contributed by atoms with Gasteiger partial charge in [0.25, 0.3) is 11.6 Å². The largest absolute Gasteiger partial charge is 0.368 e. The number of halogens is 1. The van der Waals surface area contributed by atoms with Crippen molar-refractivity contribution in [3.05, 3.63) is 38.9 Å². The van der Waals surface area contributed by atoms with Gasteiger partial charge < -0.3 is 5.73 Å². The van der Waals surface area contributed by atoms with Crippen LogP contribution in [-0.2, 0) is 9.63 Å². The zero-order valence-corrected chi connectivity index (χ0v) is 9.64. The quantitative estimate of drug-likeness (QED) is 0.593. The lowest BCUT2D eigenvalue weighted by atomic mass is 10.2. The first-order valence-corrected chi connectivity index (χ1v) is 4.94. The average Bonchev–Trinajstić information content (AvgIpc) is 2.27. The van der Waals surface area contributed by atoms with Crippen molar-refractivity contribution < 1.29 is 19.3 Å². The number of hydrogen-bond donors (Lipinski definition) is 2. The van der Waals surface area contributed by atoms with Gasteiger partial charge in [-0.3, -0.25) is 24.5 Å². The average molecular weight is 274 g/mol. The molecule has 1 aromatic carbocycles. The summed E-state index contributed by atoms with van der Waals surface area (Å²) in [7, 11) is 0. The predicted octanol–water partition coefficient (Wildman–Crippen LogP) is 0.395. The number of primary amides is 1. The Morgan fingerprint density at radius 3 is 2.67 bits per heavy atom. The summed E-state index contributed by atoms with van der Waals surface area (Å²) in [6.45, 7) is -0.490. The smallest absolute Gasteiger partial charge is 0.276 e. The van der Waals surface area contributed by atoms with E-state index in [9.17, 15) is 19.7 Å². The zero-order chi connectivity index (χ0) is 13.7. The van der Waals surface area contributed by atoms with E-state index in [0.29, 0.717) is 0 Å². The number of carbonyl (C=O) groups is 2. The summed E-state index contributed by atoms with van der Waals surface area (Å²) >= 11 is 5.70. The number of amides is 2. The van der Waals surface area contributed by atoms with E-state index in [1.54, 1.807) is 0 Å². The molecule has 0 aliphatic carbocycles. The number of carbonyl (C=O) groups excluding carboxylic acids is 2. The van der Waals surface area contributed by atoms with Gasteiger partial charge in [-0.05, 0) is 6.07 Å². The van der Waals surface area contributed by atoms with Gasteiger partial charge >= 0.3 is 0 Å². The van der Waals surface area contributed by atoms with Crippen LogP contribution in [0.3, 0.4) is 0 Å². The second-order valence-corrected chi connectivity index (χ2v) is 3.51. The van der Waals surface area contributed by atoms with Crippen LogP contribution >= 0.6 is 11.6 Å². The number of nitro benzene ring substituents is 1. The second kappa shape index (κ2) is 5.94. The number of nitrogens with two attached hydrogens (primary N) is 1. The van der Waals surface area contributed by atoms with Gasteiger partial charge in [0.1, 0.15) is 0 Å². The summed E-state index contributed by atoms with van der Waals surface area (Å²) < 4.78 is 0. The van der Waals surface area contributed by atoms with Crippen molar-refractivity contribution in [2.24, 2.45) is 5.73 Å². The highest BCUT2D eigenvalue weighted by Gasteiger charge is 2.15. The molecule has 2 amide bonds. The van der Waals surface area contributed by atoms with E-state index in [1.807, 2.05) is 5.48 Å². The predicted molar refractivity (Wildman–Crippen MR) is 60.7 cm³/mol. The number of hydroxylamine groups is 1. The molecule has 0 aromatic heterocycles. The minimum absolute atomic E-state index is 0.0215. The topological polar surface area (TPSA) is 125 Å². The standard InChI is InChI=1S/C9H8ClN3O5/c10-7-3-5(13(16)17)1-2-6(7)9(15)12-18-4-8(11)14/h1-3H,4H2,(H2,11,14)(H,12,15). The third-order valence-electron chi connectivity index (χ3n) is 1.79. The Labute approximate surface area is 106 Å². The molecule has 0 atom stereocenters. The van der Waals surface area contributed by atoms with Crippen LogP contribution in [0.5, 0.6) is 0 Å². The third kappa shape index (κ3) is 3.68. The molecular weight excluding hydrogens is 266 g/mol. The summed E-state index contributed by atoms with van der Waals surface area (Å²) in [5.41, 5.74) is 6.45. The Morgan fingerprint density at radius 2 is 2.17 bits per heavy atom. The van der Waals surface area contributed by atoms with Crippen LogP contribution in [0.15, 0.2) is 18.2 Å². The summed E-state index contributed by atoms with van der Waals surface area (Å²) in [5, 5.41) is 10.3. The summed E-state index contributed by atoms with van der Waals surface area (Å²) in [6, 6.07) is 3.32. The van der Waals surface area contributed by atoms with Crippen molar-refractivity contribution in [2.75, 3.05) is 6.61 Å². The molecular formula is C9H8ClN3O5. The van der Waals surface area contributed by atoms with E-state index in [2.05, 4.69) is 4.84 Å². The number of nitrogens with zero attached hydrogens (tertiary/aromatic N) is 1. The first kappa shape index (κ1) is 13.9. The van der Waals surface area contributed by atoms with Gasteiger partial charge in [-0.1, -0.05) is 11.6 Å². The maximum Gasteiger partial charge on any atom is 0.276 e. The highest BCUT2D eigenvalue weighted by atomic mass is 35.5. The molecule has 0 fully saturated rings. The Bertz CT molecular complexity index is 505. The molecule has 0 saturated heterocycles. The highest BCUT2D eigenvalue weighted by molar-refractivity contribution is 6.34. The van der Waals surface area contributed by atoms with Gasteiger partial charge in [-0.25, -0.2) is 5.48 Å². The number of non-ortho nitro benzene ring substituents is 1. The minimum Gasteiger partial charge on any atom is -0.368 e. The van der Waals surface area contributed by atoms with Gasteiger partial charge in [-0.2, -0.15) is 0 Å². The van der Waals surface area contributed by atoms with Gasteiger partial charge in [0, 0.05) is 12.1 Å². The third-order valence-corrected chi connectivity index (χ3v) is 2.10. The van der Waals surface area contributed by atoms with Crippen molar-refractivity contribution in [3.63, 3.8) is 0 Å². The first-order valence-electron chi connectivity index (χ1n) is 4.56. The normalized spacial score (nSPS) is 9.83. The molecule has 0 spiro atoms. The van der Waals surface area contributed by atoms with Gasteiger partial charge in [0.05, 0.1) is 15.5 Å². The van der Waals surface area contributed by atoms with Crippen LogP contribution in [0.4, 0.5) is 5.69 Å². The van der Waals surface area contributed by atoms with Gasteiger partial charge in [-0.15, -0.1) is 0 Å². The maximum atomic E-state index is 11.5. The van der Waals surface area contributed by atoms with Crippen molar-refractivity contribution >= 4 is 29.1 Å². The van der Waals surface area contributed by atoms with Crippen LogP contribution < -0.4 is 11.2 Å². The van der Waals surface area contributed by atoms with Crippen LogP contribution in [0.25, 0.3) is 0 Å². The van der Waals surface area contributed by atoms with Gasteiger partial charge in [0.15, 0.2) is 6.61 Å². The van der Waals surface area contributed by atoms with Crippen molar-refractivity contribution in [2.45, 2.75) is 0 Å². The SMILES string of the molecule is NC(=O)CONC(=O)c1ccc([N+](=O)[O-])cc1Cl. The Hall–Kier alpha value is -2.19. The molecule has 1 rings (SSSR count). The second-order valence-electron chi connectivity index (χ2n) is 3.11. The zero-order valence-electron chi connectivity index (χ0n) is 8.88. The number of nitrogens with one attached hydrogen (secondary N) is 1. The Kier molecular flexibility index (Phi) is 4.58. The molecule has 1 aromatic rings. The Balaban J connectivity index is 2.74. The van der Waals surface area contributed by atoms with E-state index < -0.39 is 23.3 Å². The lowest BCUT2D eigenvalue weighted by molar-refractivity contribution is -0.384. The van der Waals surface area contributed by atoms with E-state index in [0.717, 1.165) is 12.1 Å². The molecule has 0 bridgehead atoms. The van der Waals surface area contributed by atoms with Crippen molar-refractivity contribution in [1.82, 2.24) is 5.48 Å². The summed E-state index contributed by atoms with van der Waals surface area (Å²) in [4.78, 5) is 36.1. The fourth-order valence-electron chi connectivity index (χ4n) is 1.03. The van der Waals surface area contributed by atoms with E-state index in [1.165, 1.54) is 6.07 Å². The van der Waals surface area contributed by atoms with E-state index in [-0.39, 0.29) is 16.3 Å². The fourth-order valence-corrected chi connectivity index (χ4v) is 1.29. The van der Waals surface area contributed by atoms with E-state index in [4.69, 9.17) is 17.3 Å². The summed E-state index contributed by atoms with van der Waals surface area (Å²) in [6.07, 6.45) is 0. The van der Waals surface area contributed by atoms with Crippen molar-refractivity contribution in [3.8, 4) is 0 Å². The maximum absolute atomic E-state index is 11.5. The lowest BCUT2D eigenvalue weighted by Gasteiger charge is -2.05. The monoisotopic (exact) mass is 273 g/mol. The number of benzene rings is 1. The molecule has 3 N–H and O–H groups in total. The lowest BCUT2D eigenvalue weighted by Crippen LogP contribution is -2.29. The number of hydrogen-bond acceptors (Lipinski definition) is 5. The first-order chi connectivity index (χ1) is 8.41. The molecule has 0 saturated carbocycles. The van der Waals surface area contributed by atoms with Crippen LogP contribution in [0, 0.1) is 10.1 Å². The van der Waals surface area contributed by atoms with Crippen LogP contribution in [-0.4, -0.2) is 23.3 Å². The minimum atomic E-state index is -0.759. The molecule has 0 aliphatic heterocycles. The van der Waals surface area contributed by atoms with Crippen LogP contribution in [0.1, 0.15) is 10.4 Å². The number of nitro groups is 1. The molecule has 96 valence electrons. The van der Waals surface area contributed by atoms with Gasteiger partial charge in [0.2, 0.25) is 5.91 Å². The molecule has 18 heavy (non-hydrogen) atoms. The number of rotatable bonds is 5. The van der Waals surface area contributed by atoms with Crippen molar-refractivity contribution in [1.29, 1.82) is 0 Å². The molecule has 0 unspecified atom stereocenters. The van der Waals surface area contributed by atoms with Crippen LogP contribution in [0.2, 0.25) is 5.02 Å². The molecule has 8 nitrogen and oxygen atoms in total. The Morgan fingerprint density at radius 1 is 1.50 bits per heavy atom. The molecule has 0 aliphatic rings. The molecule has 0 radical (unpaired) electrons. The fraction of sp³-hybridized carbons (Fsp3) is 0.111. The molecule has 9 heteroatoms. The highest BCUT2D eigenvalue weighted by Crippen LogP contribution is 2.22. The molecule has 0 heterocycles. The van der Waals surface area contributed by atoms with E-state index >= 15 is 0 Å².